The molecule has 0 bridgehead atoms. The largest absolute Gasteiger partial charge is 0.454 e. The van der Waals surface area contributed by atoms with E-state index in [4.69, 9.17) is 13.9 Å². The molecule has 0 saturated carbocycles. The maximum Gasteiger partial charge on any atom is 0.322 e. The smallest absolute Gasteiger partial charge is 0.322 e. The SMILES string of the molecule is Cc1ccc(C)c(C(=O)Nc2nnc(-c3ccc4c(c3)OCO4)o2)c1. The fourth-order valence-corrected chi connectivity index (χ4v) is 2.56. The van der Waals surface area contributed by atoms with Crippen LogP contribution in [0.1, 0.15) is 21.5 Å². The van der Waals surface area contributed by atoms with Crippen LogP contribution < -0.4 is 14.8 Å². The summed E-state index contributed by atoms with van der Waals surface area (Å²) in [6.07, 6.45) is 0. The van der Waals surface area contributed by atoms with Crippen molar-refractivity contribution in [2.75, 3.05) is 12.1 Å². The fourth-order valence-electron chi connectivity index (χ4n) is 2.56. The zero-order valence-corrected chi connectivity index (χ0v) is 13.7. The van der Waals surface area contributed by atoms with Gasteiger partial charge in [0.2, 0.25) is 12.7 Å². The number of hydrogen-bond donors (Lipinski definition) is 1. The zero-order chi connectivity index (χ0) is 17.4. The maximum absolute atomic E-state index is 12.4. The van der Waals surface area contributed by atoms with Crippen molar-refractivity contribution in [3.05, 3.63) is 53.1 Å². The number of nitrogens with zero attached hydrogens (tertiary/aromatic N) is 2. The minimum absolute atomic E-state index is 0.0403. The third-order valence-electron chi connectivity index (χ3n) is 3.90. The number of fused-ring (bicyclic) bond motifs is 1. The Hall–Kier alpha value is -3.35. The molecule has 0 aliphatic carbocycles. The van der Waals surface area contributed by atoms with Crippen molar-refractivity contribution in [3.8, 4) is 23.0 Å². The van der Waals surface area contributed by atoms with Gasteiger partial charge in [0.1, 0.15) is 0 Å². The summed E-state index contributed by atoms with van der Waals surface area (Å²) in [6, 6.07) is 11.0. The molecule has 0 atom stereocenters. The fraction of sp³-hybridized carbons (Fsp3) is 0.167. The molecule has 1 aliphatic rings. The van der Waals surface area contributed by atoms with Gasteiger partial charge in [0.05, 0.1) is 0 Å². The maximum atomic E-state index is 12.4. The second kappa shape index (κ2) is 5.94. The number of carbonyl (C=O) groups excluding carboxylic acids is 1. The van der Waals surface area contributed by atoms with Gasteiger partial charge in [-0.2, -0.15) is 0 Å². The predicted octanol–water partition coefficient (Wildman–Crippen LogP) is 3.33. The molecule has 25 heavy (non-hydrogen) atoms. The van der Waals surface area contributed by atoms with Crippen LogP contribution in [0.3, 0.4) is 0 Å². The molecule has 1 aromatic heterocycles. The number of hydrogen-bond acceptors (Lipinski definition) is 6. The van der Waals surface area contributed by atoms with Crippen molar-refractivity contribution in [1.82, 2.24) is 10.2 Å². The lowest BCUT2D eigenvalue weighted by Crippen LogP contribution is -2.13. The average Bonchev–Trinajstić information content (AvgIpc) is 3.25. The second-order valence-electron chi connectivity index (χ2n) is 5.75. The first-order valence-electron chi connectivity index (χ1n) is 7.72. The number of nitrogens with one attached hydrogen (secondary N) is 1. The van der Waals surface area contributed by atoms with Gasteiger partial charge >= 0.3 is 6.01 Å². The van der Waals surface area contributed by atoms with Crippen LogP contribution in [-0.2, 0) is 0 Å². The van der Waals surface area contributed by atoms with Gasteiger partial charge in [-0.3, -0.25) is 10.1 Å². The van der Waals surface area contributed by atoms with Crippen LogP contribution in [-0.4, -0.2) is 22.9 Å². The highest BCUT2D eigenvalue weighted by molar-refractivity contribution is 6.04. The molecule has 0 fully saturated rings. The summed E-state index contributed by atoms with van der Waals surface area (Å²) in [5, 5.41) is 10.5. The molecule has 0 spiro atoms. The van der Waals surface area contributed by atoms with Gasteiger partial charge in [0.15, 0.2) is 11.5 Å². The molecular weight excluding hydrogens is 322 g/mol. The number of anilines is 1. The van der Waals surface area contributed by atoms with Crippen molar-refractivity contribution in [3.63, 3.8) is 0 Å². The van der Waals surface area contributed by atoms with Gasteiger partial charge in [-0.25, -0.2) is 0 Å². The number of rotatable bonds is 3. The Balaban J connectivity index is 1.55. The van der Waals surface area contributed by atoms with Gasteiger partial charge < -0.3 is 13.9 Å². The minimum Gasteiger partial charge on any atom is -0.454 e. The van der Waals surface area contributed by atoms with Gasteiger partial charge in [0, 0.05) is 11.1 Å². The van der Waals surface area contributed by atoms with E-state index in [0.717, 1.165) is 11.1 Å². The minimum atomic E-state index is -0.290. The lowest BCUT2D eigenvalue weighted by molar-refractivity contribution is 0.102. The molecule has 3 aromatic rings. The van der Waals surface area contributed by atoms with Crippen LogP contribution in [0.5, 0.6) is 11.5 Å². The van der Waals surface area contributed by atoms with Gasteiger partial charge in [0.25, 0.3) is 5.91 Å². The summed E-state index contributed by atoms with van der Waals surface area (Å²) >= 11 is 0. The first kappa shape index (κ1) is 15.2. The molecule has 4 rings (SSSR count). The molecule has 2 aromatic carbocycles. The van der Waals surface area contributed by atoms with Crippen LogP contribution in [0.2, 0.25) is 0 Å². The van der Waals surface area contributed by atoms with Crippen LogP contribution >= 0.6 is 0 Å². The first-order valence-corrected chi connectivity index (χ1v) is 7.72. The van der Waals surface area contributed by atoms with Crippen molar-refractivity contribution < 1.29 is 18.7 Å². The summed E-state index contributed by atoms with van der Waals surface area (Å²) in [5.41, 5.74) is 3.13. The van der Waals surface area contributed by atoms with E-state index in [0.29, 0.717) is 22.6 Å². The highest BCUT2D eigenvalue weighted by Gasteiger charge is 2.18. The summed E-state index contributed by atoms with van der Waals surface area (Å²) in [7, 11) is 0. The van der Waals surface area contributed by atoms with E-state index in [2.05, 4.69) is 15.5 Å². The van der Waals surface area contributed by atoms with Gasteiger partial charge in [-0.05, 0) is 43.7 Å². The molecule has 7 nitrogen and oxygen atoms in total. The molecule has 0 unspecified atom stereocenters. The lowest BCUT2D eigenvalue weighted by Gasteiger charge is -2.05. The molecule has 0 saturated heterocycles. The van der Waals surface area contributed by atoms with E-state index in [1.54, 1.807) is 18.2 Å². The quantitative estimate of drug-likeness (QED) is 0.789. The third-order valence-corrected chi connectivity index (χ3v) is 3.90. The Morgan fingerprint density at radius 1 is 1.04 bits per heavy atom. The topological polar surface area (TPSA) is 86.5 Å². The number of ether oxygens (including phenoxy) is 2. The monoisotopic (exact) mass is 337 g/mol. The molecule has 1 N–H and O–H groups in total. The molecule has 1 amide bonds. The van der Waals surface area contributed by atoms with Crippen LogP contribution in [0.15, 0.2) is 40.8 Å². The van der Waals surface area contributed by atoms with Gasteiger partial charge in [-0.15, -0.1) is 5.10 Å². The Morgan fingerprint density at radius 2 is 1.88 bits per heavy atom. The molecule has 2 heterocycles. The third kappa shape index (κ3) is 2.91. The Bertz CT molecular complexity index is 965. The standard InChI is InChI=1S/C18H15N3O4/c1-10-3-4-11(2)13(7-10)16(22)19-18-21-20-17(25-18)12-5-6-14-15(8-12)24-9-23-14/h3-8H,9H2,1-2H3,(H,19,21,22). The summed E-state index contributed by atoms with van der Waals surface area (Å²) < 4.78 is 16.1. The Kier molecular flexibility index (Phi) is 3.61. The number of aromatic nitrogens is 2. The summed E-state index contributed by atoms with van der Waals surface area (Å²) in [6.45, 7) is 4.00. The second-order valence-corrected chi connectivity index (χ2v) is 5.75. The number of amides is 1. The van der Waals surface area contributed by atoms with E-state index in [9.17, 15) is 4.79 Å². The summed E-state index contributed by atoms with van der Waals surface area (Å²) in [5.74, 6) is 1.29. The molecule has 126 valence electrons. The lowest BCUT2D eigenvalue weighted by atomic mass is 10.1. The number of carbonyl (C=O) groups is 1. The molecule has 0 radical (unpaired) electrons. The molecule has 1 aliphatic heterocycles. The predicted molar refractivity (Wildman–Crippen MR) is 89.7 cm³/mol. The molecule has 7 heteroatoms. The average molecular weight is 337 g/mol. The van der Waals surface area contributed by atoms with E-state index in [1.165, 1.54) is 0 Å². The van der Waals surface area contributed by atoms with Crippen molar-refractivity contribution in [2.24, 2.45) is 0 Å². The molecular formula is C18H15N3O4. The summed E-state index contributed by atoms with van der Waals surface area (Å²) in [4.78, 5) is 12.4. The van der Waals surface area contributed by atoms with E-state index >= 15 is 0 Å². The van der Waals surface area contributed by atoms with Crippen molar-refractivity contribution in [2.45, 2.75) is 13.8 Å². The number of aryl methyl sites for hydroxylation is 2. The Labute approximate surface area is 143 Å². The van der Waals surface area contributed by atoms with Crippen molar-refractivity contribution >= 4 is 11.9 Å². The van der Waals surface area contributed by atoms with E-state index < -0.39 is 0 Å². The van der Waals surface area contributed by atoms with Crippen LogP contribution in [0.4, 0.5) is 6.01 Å². The van der Waals surface area contributed by atoms with Gasteiger partial charge in [-0.1, -0.05) is 22.8 Å². The highest BCUT2D eigenvalue weighted by Crippen LogP contribution is 2.35. The first-order chi connectivity index (χ1) is 12.1. The number of benzene rings is 2. The van der Waals surface area contributed by atoms with E-state index in [-0.39, 0.29) is 24.6 Å². The Morgan fingerprint density at radius 3 is 2.76 bits per heavy atom. The normalized spacial score (nSPS) is 12.2. The van der Waals surface area contributed by atoms with Crippen LogP contribution in [0, 0.1) is 13.8 Å². The van der Waals surface area contributed by atoms with Crippen LogP contribution in [0.25, 0.3) is 11.5 Å². The van der Waals surface area contributed by atoms with E-state index in [1.807, 2.05) is 32.0 Å². The highest BCUT2D eigenvalue weighted by atomic mass is 16.7. The van der Waals surface area contributed by atoms with Crippen molar-refractivity contribution in [1.29, 1.82) is 0 Å². The zero-order valence-electron chi connectivity index (χ0n) is 13.7.